The molecule has 2 N–H and O–H groups in total. The SMILES string of the molecule is Cc1ccc(C(=O)Nc2nnc(S(=O)(=O)NCc3ccc4c(c3)OCO4)s2)cc1. The summed E-state index contributed by atoms with van der Waals surface area (Å²) in [7, 11) is -3.89. The van der Waals surface area contributed by atoms with Gasteiger partial charge in [0.15, 0.2) is 11.5 Å². The molecule has 0 saturated heterocycles. The van der Waals surface area contributed by atoms with Crippen molar-refractivity contribution in [1.29, 1.82) is 0 Å². The lowest BCUT2D eigenvalue weighted by atomic mass is 10.1. The van der Waals surface area contributed by atoms with E-state index < -0.39 is 15.9 Å². The first-order valence-electron chi connectivity index (χ1n) is 8.50. The second-order valence-electron chi connectivity index (χ2n) is 6.21. The molecule has 1 aliphatic rings. The monoisotopic (exact) mass is 432 g/mol. The van der Waals surface area contributed by atoms with E-state index in [1.54, 1.807) is 30.3 Å². The maximum atomic E-state index is 12.5. The molecule has 4 rings (SSSR count). The molecule has 3 aromatic rings. The number of amides is 1. The summed E-state index contributed by atoms with van der Waals surface area (Å²) in [5.74, 6) is 0.798. The second kappa shape index (κ2) is 7.78. The van der Waals surface area contributed by atoms with E-state index in [0.717, 1.165) is 16.9 Å². The Morgan fingerprint density at radius 2 is 1.86 bits per heavy atom. The first-order chi connectivity index (χ1) is 13.9. The van der Waals surface area contributed by atoms with E-state index in [4.69, 9.17) is 9.47 Å². The molecule has 0 aliphatic carbocycles. The molecular weight excluding hydrogens is 416 g/mol. The lowest BCUT2D eigenvalue weighted by Gasteiger charge is -2.05. The van der Waals surface area contributed by atoms with Crippen LogP contribution >= 0.6 is 11.3 Å². The van der Waals surface area contributed by atoms with Gasteiger partial charge in [-0.15, -0.1) is 10.2 Å². The summed E-state index contributed by atoms with van der Waals surface area (Å²) < 4.78 is 37.7. The number of nitrogens with zero attached hydrogens (tertiary/aromatic N) is 2. The van der Waals surface area contributed by atoms with Gasteiger partial charge >= 0.3 is 0 Å². The first kappa shape index (κ1) is 19.3. The van der Waals surface area contributed by atoms with Gasteiger partial charge in [0.25, 0.3) is 15.9 Å². The topological polar surface area (TPSA) is 120 Å². The predicted octanol–water partition coefficient (Wildman–Crippen LogP) is 2.31. The highest BCUT2D eigenvalue weighted by Gasteiger charge is 2.21. The molecule has 9 nitrogen and oxygen atoms in total. The van der Waals surface area contributed by atoms with Crippen LogP contribution in [-0.2, 0) is 16.6 Å². The number of aryl methyl sites for hydroxylation is 1. The summed E-state index contributed by atoms with van der Waals surface area (Å²) in [4.78, 5) is 12.2. The normalized spacial score (nSPS) is 12.7. The van der Waals surface area contributed by atoms with E-state index >= 15 is 0 Å². The van der Waals surface area contributed by atoms with Crippen molar-refractivity contribution in [1.82, 2.24) is 14.9 Å². The summed E-state index contributed by atoms with van der Waals surface area (Å²) in [6, 6.07) is 12.1. The summed E-state index contributed by atoms with van der Waals surface area (Å²) >= 11 is 0.772. The number of anilines is 1. The van der Waals surface area contributed by atoms with E-state index in [-0.39, 0.29) is 22.8 Å². The number of benzene rings is 2. The Labute approximate surface area is 170 Å². The van der Waals surface area contributed by atoms with Gasteiger partial charge in [-0.25, -0.2) is 13.1 Å². The smallest absolute Gasteiger partial charge is 0.270 e. The number of ether oxygens (including phenoxy) is 2. The molecule has 0 radical (unpaired) electrons. The van der Waals surface area contributed by atoms with Crippen molar-refractivity contribution in [3.8, 4) is 11.5 Å². The van der Waals surface area contributed by atoms with Gasteiger partial charge in [0, 0.05) is 12.1 Å². The highest BCUT2D eigenvalue weighted by atomic mass is 32.2. The minimum absolute atomic E-state index is 0.0453. The third kappa shape index (κ3) is 4.36. The summed E-state index contributed by atoms with van der Waals surface area (Å²) in [5, 5.41) is 10.1. The summed E-state index contributed by atoms with van der Waals surface area (Å²) in [6.07, 6.45) is 0. The molecular formula is C18H16N4O5S2. The van der Waals surface area contributed by atoms with Crippen molar-refractivity contribution in [2.24, 2.45) is 0 Å². The molecule has 0 saturated carbocycles. The maximum absolute atomic E-state index is 12.5. The van der Waals surface area contributed by atoms with Crippen LogP contribution in [0.3, 0.4) is 0 Å². The minimum atomic E-state index is -3.89. The van der Waals surface area contributed by atoms with Crippen LogP contribution in [0.2, 0.25) is 0 Å². The third-order valence-corrected chi connectivity index (χ3v) is 6.68. The molecule has 1 amide bonds. The van der Waals surface area contributed by atoms with Crippen LogP contribution in [0.5, 0.6) is 11.5 Å². The molecule has 2 aromatic carbocycles. The van der Waals surface area contributed by atoms with Crippen LogP contribution in [0.25, 0.3) is 0 Å². The Morgan fingerprint density at radius 1 is 1.10 bits per heavy atom. The van der Waals surface area contributed by atoms with Gasteiger partial charge in [-0.05, 0) is 36.8 Å². The van der Waals surface area contributed by atoms with E-state index in [9.17, 15) is 13.2 Å². The van der Waals surface area contributed by atoms with Gasteiger partial charge in [0.05, 0.1) is 0 Å². The Balaban J connectivity index is 1.41. The molecule has 29 heavy (non-hydrogen) atoms. The Kier molecular flexibility index (Phi) is 5.18. The Bertz CT molecular complexity index is 1160. The zero-order valence-corrected chi connectivity index (χ0v) is 16.8. The summed E-state index contributed by atoms with van der Waals surface area (Å²) in [6.45, 7) is 2.11. The number of carbonyl (C=O) groups is 1. The Morgan fingerprint density at radius 3 is 2.66 bits per heavy atom. The van der Waals surface area contributed by atoms with E-state index in [0.29, 0.717) is 22.6 Å². The number of hydrogen-bond donors (Lipinski definition) is 2. The molecule has 0 fully saturated rings. The summed E-state index contributed by atoms with van der Waals surface area (Å²) in [5.41, 5.74) is 2.17. The lowest BCUT2D eigenvalue weighted by molar-refractivity contribution is 0.102. The van der Waals surface area contributed by atoms with Crippen molar-refractivity contribution in [3.05, 3.63) is 59.2 Å². The van der Waals surface area contributed by atoms with Crippen molar-refractivity contribution in [3.63, 3.8) is 0 Å². The molecule has 0 atom stereocenters. The van der Waals surface area contributed by atoms with Crippen molar-refractivity contribution >= 4 is 32.4 Å². The van der Waals surface area contributed by atoms with E-state index in [2.05, 4.69) is 20.2 Å². The Hall–Kier alpha value is -3.02. The van der Waals surface area contributed by atoms with Crippen molar-refractivity contribution in [2.45, 2.75) is 17.8 Å². The fourth-order valence-electron chi connectivity index (χ4n) is 2.53. The second-order valence-corrected chi connectivity index (χ2v) is 9.12. The molecule has 1 aliphatic heterocycles. The fourth-order valence-corrected chi connectivity index (χ4v) is 4.49. The number of nitrogens with one attached hydrogen (secondary N) is 2. The van der Waals surface area contributed by atoms with Gasteiger partial charge in [0.1, 0.15) is 0 Å². The molecule has 1 aromatic heterocycles. The van der Waals surface area contributed by atoms with Crippen LogP contribution in [0.1, 0.15) is 21.5 Å². The van der Waals surface area contributed by atoms with Gasteiger partial charge in [-0.1, -0.05) is 35.1 Å². The van der Waals surface area contributed by atoms with Crippen molar-refractivity contribution in [2.75, 3.05) is 12.1 Å². The molecule has 11 heteroatoms. The number of aromatic nitrogens is 2. The fraction of sp³-hybridized carbons (Fsp3) is 0.167. The maximum Gasteiger partial charge on any atom is 0.270 e. The molecule has 0 bridgehead atoms. The van der Waals surface area contributed by atoms with Crippen LogP contribution < -0.4 is 19.5 Å². The quantitative estimate of drug-likeness (QED) is 0.574. The molecule has 0 spiro atoms. The van der Waals surface area contributed by atoms with Gasteiger partial charge in [-0.3, -0.25) is 10.1 Å². The van der Waals surface area contributed by atoms with Crippen LogP contribution in [-0.4, -0.2) is 31.3 Å². The van der Waals surface area contributed by atoms with Crippen molar-refractivity contribution < 1.29 is 22.7 Å². The predicted molar refractivity (Wildman–Crippen MR) is 106 cm³/mol. The average Bonchev–Trinajstić information content (AvgIpc) is 3.36. The highest BCUT2D eigenvalue weighted by Crippen LogP contribution is 2.32. The first-order valence-corrected chi connectivity index (χ1v) is 10.8. The highest BCUT2D eigenvalue weighted by molar-refractivity contribution is 7.91. The number of rotatable bonds is 6. The van der Waals surface area contributed by atoms with Crippen LogP contribution in [0, 0.1) is 6.92 Å². The van der Waals surface area contributed by atoms with Gasteiger partial charge in [0.2, 0.25) is 16.3 Å². The third-order valence-electron chi connectivity index (χ3n) is 4.07. The van der Waals surface area contributed by atoms with E-state index in [1.807, 2.05) is 19.1 Å². The van der Waals surface area contributed by atoms with Gasteiger partial charge < -0.3 is 9.47 Å². The zero-order valence-electron chi connectivity index (χ0n) is 15.2. The lowest BCUT2D eigenvalue weighted by Crippen LogP contribution is -2.23. The average molecular weight is 432 g/mol. The number of sulfonamides is 1. The largest absolute Gasteiger partial charge is 0.454 e. The van der Waals surface area contributed by atoms with Crippen LogP contribution in [0.15, 0.2) is 46.8 Å². The zero-order chi connectivity index (χ0) is 20.4. The molecule has 0 unspecified atom stereocenters. The number of carbonyl (C=O) groups excluding carboxylic acids is 1. The van der Waals surface area contributed by atoms with Gasteiger partial charge in [-0.2, -0.15) is 0 Å². The number of hydrogen-bond acceptors (Lipinski definition) is 8. The molecule has 2 heterocycles. The van der Waals surface area contributed by atoms with Crippen LogP contribution in [0.4, 0.5) is 5.13 Å². The standard InChI is InChI=1S/C18H16N4O5S2/c1-11-2-5-13(6-3-11)16(23)20-17-21-22-18(28-17)29(24,25)19-9-12-4-7-14-15(8-12)27-10-26-14/h2-8,19H,9-10H2,1H3,(H,20,21,23). The molecule has 150 valence electrons. The minimum Gasteiger partial charge on any atom is -0.454 e. The number of fused-ring (bicyclic) bond motifs is 1. The van der Waals surface area contributed by atoms with E-state index in [1.165, 1.54) is 0 Å².